The number of hydrogen-bond acceptors (Lipinski definition) is 2. The van der Waals surface area contributed by atoms with Gasteiger partial charge in [0.1, 0.15) is 5.82 Å². The summed E-state index contributed by atoms with van der Waals surface area (Å²) < 4.78 is 4.19. The first kappa shape index (κ1) is 18.7. The number of benzene rings is 2. The Morgan fingerprint density at radius 3 is 2.47 bits per heavy atom. The molecular formula is C25H26N4O. The van der Waals surface area contributed by atoms with Crippen LogP contribution >= 0.6 is 0 Å². The Morgan fingerprint density at radius 1 is 0.967 bits per heavy atom. The maximum atomic E-state index is 13.2. The van der Waals surface area contributed by atoms with E-state index in [1.54, 1.807) is 0 Å². The molecule has 0 fully saturated rings. The van der Waals surface area contributed by atoms with Crippen LogP contribution in [0.1, 0.15) is 37.6 Å². The van der Waals surface area contributed by atoms with Crippen LogP contribution in [0.3, 0.4) is 0 Å². The van der Waals surface area contributed by atoms with E-state index < -0.39 is 0 Å². The minimum Gasteiger partial charge on any atom is -0.332 e. The predicted octanol–water partition coefficient (Wildman–Crippen LogP) is 4.67. The summed E-state index contributed by atoms with van der Waals surface area (Å²) >= 11 is 0. The third kappa shape index (κ3) is 3.11. The second-order valence-electron chi connectivity index (χ2n) is 8.99. The second kappa shape index (κ2) is 6.87. The predicted molar refractivity (Wildman–Crippen MR) is 118 cm³/mol. The van der Waals surface area contributed by atoms with E-state index in [9.17, 15) is 4.79 Å². The standard InChI is InChI=1S/C25H26N4O/c1-25(2,3)29-24(27-13-6-7-14-27)21-16-28(17-22(21)26-29)23(30)15-19-11-8-10-18-9-4-5-12-20(18)19/h4-14H,15-17H2,1-3H3. The van der Waals surface area contributed by atoms with Crippen molar-refractivity contribution in [1.29, 1.82) is 0 Å². The number of fused-ring (bicyclic) bond motifs is 2. The third-order valence-electron chi connectivity index (χ3n) is 5.79. The number of carbonyl (C=O) groups excluding carboxylic acids is 1. The van der Waals surface area contributed by atoms with Gasteiger partial charge in [0.15, 0.2) is 0 Å². The van der Waals surface area contributed by atoms with Gasteiger partial charge in [0.2, 0.25) is 5.91 Å². The van der Waals surface area contributed by atoms with Crippen LogP contribution in [0.5, 0.6) is 0 Å². The van der Waals surface area contributed by atoms with Crippen molar-refractivity contribution in [3.8, 4) is 5.82 Å². The van der Waals surface area contributed by atoms with Crippen LogP contribution in [0.2, 0.25) is 0 Å². The normalized spacial score (nSPS) is 13.8. The lowest BCUT2D eigenvalue weighted by Gasteiger charge is -2.24. The highest BCUT2D eigenvalue weighted by atomic mass is 16.2. The molecule has 5 rings (SSSR count). The van der Waals surface area contributed by atoms with Crippen LogP contribution < -0.4 is 0 Å². The molecule has 1 aliphatic heterocycles. The number of hydrogen-bond donors (Lipinski definition) is 0. The molecule has 0 unspecified atom stereocenters. The number of nitrogens with zero attached hydrogens (tertiary/aromatic N) is 4. The molecule has 0 bridgehead atoms. The van der Waals surface area contributed by atoms with Crippen molar-refractivity contribution in [2.75, 3.05) is 0 Å². The van der Waals surface area contributed by atoms with Crippen LogP contribution in [0.4, 0.5) is 0 Å². The van der Waals surface area contributed by atoms with Crippen molar-refractivity contribution in [2.24, 2.45) is 0 Å². The lowest BCUT2D eigenvalue weighted by atomic mass is 10.0. The fraction of sp³-hybridized carbons (Fsp3) is 0.280. The molecule has 3 heterocycles. The molecule has 1 aliphatic rings. The third-order valence-corrected chi connectivity index (χ3v) is 5.79. The van der Waals surface area contributed by atoms with Crippen LogP contribution in [0.15, 0.2) is 67.0 Å². The van der Waals surface area contributed by atoms with E-state index in [1.165, 1.54) is 5.39 Å². The maximum absolute atomic E-state index is 13.2. The number of amides is 1. The van der Waals surface area contributed by atoms with Crippen molar-refractivity contribution >= 4 is 16.7 Å². The molecular weight excluding hydrogens is 372 g/mol. The van der Waals surface area contributed by atoms with Gasteiger partial charge in [-0.15, -0.1) is 0 Å². The SMILES string of the molecule is CC(C)(C)n1nc2c(c1-n1cccc1)CN(C(=O)Cc1cccc3ccccc13)C2. The van der Waals surface area contributed by atoms with Gasteiger partial charge in [0.05, 0.1) is 30.7 Å². The zero-order valence-corrected chi connectivity index (χ0v) is 17.7. The number of aromatic nitrogens is 3. The fourth-order valence-corrected chi connectivity index (χ4v) is 4.31. The van der Waals surface area contributed by atoms with Gasteiger partial charge in [-0.1, -0.05) is 42.5 Å². The Morgan fingerprint density at radius 2 is 1.70 bits per heavy atom. The molecule has 2 aromatic carbocycles. The quantitative estimate of drug-likeness (QED) is 0.503. The zero-order valence-electron chi connectivity index (χ0n) is 17.7. The summed E-state index contributed by atoms with van der Waals surface area (Å²) in [6.45, 7) is 7.64. The smallest absolute Gasteiger partial charge is 0.227 e. The van der Waals surface area contributed by atoms with Gasteiger partial charge >= 0.3 is 0 Å². The van der Waals surface area contributed by atoms with E-state index in [4.69, 9.17) is 5.10 Å². The molecule has 5 nitrogen and oxygen atoms in total. The average molecular weight is 399 g/mol. The van der Waals surface area contributed by atoms with Crippen molar-refractivity contribution in [3.05, 3.63) is 83.8 Å². The number of rotatable bonds is 3. The largest absolute Gasteiger partial charge is 0.332 e. The van der Waals surface area contributed by atoms with E-state index >= 15 is 0 Å². The lowest BCUT2D eigenvalue weighted by Crippen LogP contribution is -2.30. The van der Waals surface area contributed by atoms with Gasteiger partial charge in [0, 0.05) is 18.0 Å². The van der Waals surface area contributed by atoms with Gasteiger partial charge in [0.25, 0.3) is 0 Å². The van der Waals surface area contributed by atoms with E-state index in [-0.39, 0.29) is 11.4 Å². The van der Waals surface area contributed by atoms with Crippen LogP contribution in [0, 0.1) is 0 Å². The molecule has 0 atom stereocenters. The maximum Gasteiger partial charge on any atom is 0.227 e. The summed E-state index contributed by atoms with van der Waals surface area (Å²) in [6.07, 6.45) is 4.49. The van der Waals surface area contributed by atoms with E-state index in [2.05, 4.69) is 54.3 Å². The van der Waals surface area contributed by atoms with Gasteiger partial charge < -0.3 is 9.47 Å². The van der Waals surface area contributed by atoms with Gasteiger partial charge in [-0.3, -0.25) is 4.79 Å². The van der Waals surface area contributed by atoms with E-state index in [0.717, 1.165) is 28.0 Å². The van der Waals surface area contributed by atoms with E-state index in [0.29, 0.717) is 19.5 Å². The summed E-state index contributed by atoms with van der Waals surface area (Å²) in [7, 11) is 0. The highest BCUT2D eigenvalue weighted by molar-refractivity contribution is 5.90. The molecule has 1 amide bonds. The van der Waals surface area contributed by atoms with Gasteiger partial charge in [-0.25, -0.2) is 4.68 Å². The fourth-order valence-electron chi connectivity index (χ4n) is 4.31. The van der Waals surface area contributed by atoms with Gasteiger partial charge in [-0.05, 0) is 49.2 Å². The molecule has 0 spiro atoms. The van der Waals surface area contributed by atoms with Crippen molar-refractivity contribution in [2.45, 2.75) is 45.8 Å². The Labute approximate surface area is 176 Å². The first-order valence-corrected chi connectivity index (χ1v) is 10.4. The first-order valence-electron chi connectivity index (χ1n) is 10.4. The van der Waals surface area contributed by atoms with E-state index in [1.807, 2.05) is 47.6 Å². The Balaban J connectivity index is 1.44. The summed E-state index contributed by atoms with van der Waals surface area (Å²) in [4.78, 5) is 15.1. The Bertz CT molecular complexity index is 1220. The second-order valence-corrected chi connectivity index (χ2v) is 8.99. The molecule has 0 saturated carbocycles. The number of carbonyl (C=O) groups is 1. The van der Waals surface area contributed by atoms with Crippen molar-refractivity contribution < 1.29 is 4.79 Å². The minimum absolute atomic E-state index is 0.137. The molecule has 152 valence electrons. The van der Waals surface area contributed by atoms with Gasteiger partial charge in [-0.2, -0.15) is 5.10 Å². The topological polar surface area (TPSA) is 43.1 Å². The minimum atomic E-state index is -0.137. The summed E-state index contributed by atoms with van der Waals surface area (Å²) in [5.41, 5.74) is 3.09. The average Bonchev–Trinajstić information content (AvgIpc) is 3.43. The highest BCUT2D eigenvalue weighted by Crippen LogP contribution is 2.32. The first-order chi connectivity index (χ1) is 14.4. The lowest BCUT2D eigenvalue weighted by molar-refractivity contribution is -0.131. The molecule has 30 heavy (non-hydrogen) atoms. The molecule has 0 saturated heterocycles. The monoisotopic (exact) mass is 398 g/mol. The molecule has 2 aromatic heterocycles. The molecule has 0 radical (unpaired) electrons. The molecule has 0 N–H and O–H groups in total. The summed E-state index contributed by atoms with van der Waals surface area (Å²) in [5.74, 6) is 1.20. The van der Waals surface area contributed by atoms with Crippen LogP contribution in [-0.4, -0.2) is 25.2 Å². The van der Waals surface area contributed by atoms with Crippen molar-refractivity contribution in [1.82, 2.24) is 19.2 Å². The Kier molecular flexibility index (Phi) is 4.28. The van der Waals surface area contributed by atoms with Crippen molar-refractivity contribution in [3.63, 3.8) is 0 Å². The molecule has 5 heteroatoms. The van der Waals surface area contributed by atoms with Crippen LogP contribution in [0.25, 0.3) is 16.6 Å². The summed E-state index contributed by atoms with van der Waals surface area (Å²) in [5, 5.41) is 7.23. The Hall–Kier alpha value is -3.34. The molecule has 0 aliphatic carbocycles. The molecule has 4 aromatic rings. The van der Waals surface area contributed by atoms with Crippen LogP contribution in [-0.2, 0) is 29.8 Å². The zero-order chi connectivity index (χ0) is 20.9. The summed E-state index contributed by atoms with van der Waals surface area (Å²) in [6, 6.07) is 18.5. The highest BCUT2D eigenvalue weighted by Gasteiger charge is 2.33.